The van der Waals surface area contributed by atoms with Gasteiger partial charge in [0, 0.05) is 37.4 Å². The fourth-order valence-corrected chi connectivity index (χ4v) is 3.25. The second-order valence-corrected chi connectivity index (χ2v) is 7.53. The predicted molar refractivity (Wildman–Crippen MR) is 104 cm³/mol. The highest BCUT2D eigenvalue weighted by molar-refractivity contribution is 7.09. The molecule has 136 valence electrons. The summed E-state index contributed by atoms with van der Waals surface area (Å²) in [5.74, 6) is 0.540. The number of nitrogens with zero attached hydrogens (tertiary/aromatic N) is 2. The summed E-state index contributed by atoms with van der Waals surface area (Å²) >= 11 is 1.71. The van der Waals surface area contributed by atoms with E-state index in [1.807, 2.05) is 6.07 Å². The molecule has 1 heterocycles. The van der Waals surface area contributed by atoms with Crippen molar-refractivity contribution in [1.82, 2.24) is 15.6 Å². The van der Waals surface area contributed by atoms with Crippen LogP contribution in [0.15, 0.2) is 34.6 Å². The molecule has 0 amide bonds. The van der Waals surface area contributed by atoms with Crippen LogP contribution < -0.4 is 10.6 Å². The Morgan fingerprint density at radius 3 is 2.76 bits per heavy atom. The molecule has 1 aromatic carbocycles. The van der Waals surface area contributed by atoms with Crippen LogP contribution in [0.25, 0.3) is 0 Å². The standard InChI is InChI=1S/C19H27FN4S/c1-5-17-24-16(12-25-17)9-10-22-18(21-4)23-13-19(2,3)14-7-6-8-15(20)11-14/h6-8,11-12H,5,9-10,13H2,1-4H3,(H2,21,22,23). The van der Waals surface area contributed by atoms with Gasteiger partial charge in [0.05, 0.1) is 10.7 Å². The van der Waals surface area contributed by atoms with Gasteiger partial charge in [0.15, 0.2) is 5.96 Å². The third kappa shape index (κ3) is 5.81. The van der Waals surface area contributed by atoms with Crippen LogP contribution in [0, 0.1) is 5.82 Å². The Balaban J connectivity index is 1.83. The highest BCUT2D eigenvalue weighted by Crippen LogP contribution is 2.22. The molecule has 0 saturated carbocycles. The number of nitrogens with one attached hydrogen (secondary N) is 2. The number of rotatable bonds is 7. The van der Waals surface area contributed by atoms with Crippen molar-refractivity contribution >= 4 is 17.3 Å². The van der Waals surface area contributed by atoms with Crippen LogP contribution in [0.1, 0.15) is 37.0 Å². The highest BCUT2D eigenvalue weighted by Gasteiger charge is 2.21. The summed E-state index contributed by atoms with van der Waals surface area (Å²) in [6, 6.07) is 6.76. The Morgan fingerprint density at radius 1 is 1.32 bits per heavy atom. The molecular formula is C19H27FN4S. The highest BCUT2D eigenvalue weighted by atomic mass is 32.1. The Morgan fingerprint density at radius 2 is 2.12 bits per heavy atom. The number of halogens is 1. The first kappa shape index (κ1) is 19.4. The minimum absolute atomic E-state index is 0.204. The van der Waals surface area contributed by atoms with Crippen LogP contribution in [0.3, 0.4) is 0 Å². The Kier molecular flexibility index (Phi) is 6.93. The molecule has 0 bridgehead atoms. The Labute approximate surface area is 153 Å². The monoisotopic (exact) mass is 362 g/mol. The normalized spacial score (nSPS) is 12.3. The van der Waals surface area contributed by atoms with Crippen LogP contribution in [0.2, 0.25) is 0 Å². The lowest BCUT2D eigenvalue weighted by Crippen LogP contribution is -2.44. The van der Waals surface area contributed by atoms with E-state index in [0.29, 0.717) is 6.54 Å². The zero-order valence-electron chi connectivity index (χ0n) is 15.4. The molecule has 0 aliphatic carbocycles. The fourth-order valence-electron chi connectivity index (χ4n) is 2.47. The van der Waals surface area contributed by atoms with E-state index in [4.69, 9.17) is 0 Å². The van der Waals surface area contributed by atoms with Gasteiger partial charge < -0.3 is 10.6 Å². The summed E-state index contributed by atoms with van der Waals surface area (Å²) in [6.07, 6.45) is 1.85. The van der Waals surface area contributed by atoms with Gasteiger partial charge in [0.25, 0.3) is 0 Å². The van der Waals surface area contributed by atoms with Crippen LogP contribution in [0.4, 0.5) is 4.39 Å². The summed E-state index contributed by atoms with van der Waals surface area (Å²) in [5.41, 5.74) is 1.87. The van der Waals surface area contributed by atoms with E-state index < -0.39 is 0 Å². The number of aryl methyl sites for hydroxylation is 1. The first-order valence-corrected chi connectivity index (χ1v) is 9.46. The van der Waals surface area contributed by atoms with E-state index in [-0.39, 0.29) is 11.2 Å². The van der Waals surface area contributed by atoms with Crippen molar-refractivity contribution in [1.29, 1.82) is 0 Å². The molecule has 2 N–H and O–H groups in total. The molecule has 0 saturated heterocycles. The van der Waals surface area contributed by atoms with Gasteiger partial charge in [-0.3, -0.25) is 4.99 Å². The molecule has 0 spiro atoms. The molecule has 0 aliphatic rings. The van der Waals surface area contributed by atoms with Gasteiger partial charge in [-0.05, 0) is 24.1 Å². The number of guanidine groups is 1. The maximum atomic E-state index is 13.5. The van der Waals surface area contributed by atoms with Gasteiger partial charge in [-0.1, -0.05) is 32.9 Å². The molecule has 4 nitrogen and oxygen atoms in total. The minimum atomic E-state index is -0.206. The van der Waals surface area contributed by atoms with Crippen molar-refractivity contribution < 1.29 is 4.39 Å². The van der Waals surface area contributed by atoms with E-state index in [1.54, 1.807) is 30.5 Å². The molecule has 0 aliphatic heterocycles. The van der Waals surface area contributed by atoms with Crippen molar-refractivity contribution in [3.05, 3.63) is 51.7 Å². The van der Waals surface area contributed by atoms with Gasteiger partial charge in [-0.25, -0.2) is 9.37 Å². The molecule has 6 heteroatoms. The first-order chi connectivity index (χ1) is 11.9. The maximum Gasteiger partial charge on any atom is 0.191 e. The molecule has 2 rings (SSSR count). The largest absolute Gasteiger partial charge is 0.356 e. The Bertz CT molecular complexity index is 709. The van der Waals surface area contributed by atoms with Crippen molar-refractivity contribution in [3.63, 3.8) is 0 Å². The lowest BCUT2D eigenvalue weighted by molar-refractivity contribution is 0.503. The predicted octanol–water partition coefficient (Wildman–Crippen LogP) is 3.53. The minimum Gasteiger partial charge on any atom is -0.356 e. The third-order valence-corrected chi connectivity index (χ3v) is 5.14. The fraction of sp³-hybridized carbons (Fsp3) is 0.474. The zero-order chi connectivity index (χ0) is 18.3. The average molecular weight is 363 g/mol. The van der Waals surface area contributed by atoms with E-state index in [2.05, 4.69) is 46.8 Å². The second-order valence-electron chi connectivity index (χ2n) is 6.58. The second kappa shape index (κ2) is 8.94. The van der Waals surface area contributed by atoms with Gasteiger partial charge in [-0.2, -0.15) is 0 Å². The molecule has 0 fully saturated rings. The number of aliphatic imine (C=N–C) groups is 1. The van der Waals surface area contributed by atoms with Crippen molar-refractivity contribution in [3.8, 4) is 0 Å². The third-order valence-electron chi connectivity index (χ3n) is 4.10. The summed E-state index contributed by atoms with van der Waals surface area (Å²) in [6.45, 7) is 7.72. The van der Waals surface area contributed by atoms with Crippen LogP contribution in [-0.2, 0) is 18.3 Å². The molecule has 0 unspecified atom stereocenters. The first-order valence-electron chi connectivity index (χ1n) is 8.58. The molecule has 1 aromatic heterocycles. The Hall–Kier alpha value is -1.95. The topological polar surface area (TPSA) is 49.3 Å². The van der Waals surface area contributed by atoms with E-state index >= 15 is 0 Å². The van der Waals surface area contributed by atoms with Crippen LogP contribution in [-0.4, -0.2) is 31.1 Å². The summed E-state index contributed by atoms with van der Waals surface area (Å²) in [4.78, 5) is 8.82. The van der Waals surface area contributed by atoms with Crippen molar-refractivity contribution in [2.75, 3.05) is 20.1 Å². The number of hydrogen-bond donors (Lipinski definition) is 2. The molecule has 2 aromatic rings. The number of hydrogen-bond acceptors (Lipinski definition) is 3. The summed E-state index contributed by atoms with van der Waals surface area (Å²) in [5, 5.41) is 9.93. The van der Waals surface area contributed by atoms with E-state index in [9.17, 15) is 4.39 Å². The van der Waals surface area contributed by atoms with Gasteiger partial charge >= 0.3 is 0 Å². The lowest BCUT2D eigenvalue weighted by atomic mass is 9.84. The van der Waals surface area contributed by atoms with Gasteiger partial charge in [-0.15, -0.1) is 11.3 Å². The molecule has 0 atom stereocenters. The molecule has 0 radical (unpaired) electrons. The zero-order valence-corrected chi connectivity index (χ0v) is 16.2. The number of benzene rings is 1. The summed E-state index contributed by atoms with van der Waals surface area (Å²) in [7, 11) is 1.75. The van der Waals surface area contributed by atoms with Crippen molar-refractivity contribution in [2.24, 2.45) is 4.99 Å². The summed E-state index contributed by atoms with van der Waals surface area (Å²) < 4.78 is 13.5. The quantitative estimate of drug-likeness (QED) is 0.585. The van der Waals surface area contributed by atoms with Gasteiger partial charge in [0.2, 0.25) is 0 Å². The van der Waals surface area contributed by atoms with E-state index in [0.717, 1.165) is 36.6 Å². The lowest BCUT2D eigenvalue weighted by Gasteiger charge is -2.26. The number of aromatic nitrogens is 1. The van der Waals surface area contributed by atoms with E-state index in [1.165, 1.54) is 11.1 Å². The molecular weight excluding hydrogens is 335 g/mol. The van der Waals surface area contributed by atoms with Crippen LogP contribution >= 0.6 is 11.3 Å². The van der Waals surface area contributed by atoms with Crippen LogP contribution in [0.5, 0.6) is 0 Å². The smallest absolute Gasteiger partial charge is 0.191 e. The SMILES string of the molecule is CCc1nc(CCNC(=NC)NCC(C)(C)c2cccc(F)c2)cs1. The van der Waals surface area contributed by atoms with Gasteiger partial charge in [0.1, 0.15) is 5.82 Å². The maximum absolute atomic E-state index is 13.5. The number of thiazole rings is 1. The average Bonchev–Trinajstić information content (AvgIpc) is 3.06. The molecule has 25 heavy (non-hydrogen) atoms. The van der Waals surface area contributed by atoms with Crippen molar-refractivity contribution in [2.45, 2.75) is 39.0 Å².